The molecule has 11 heavy (non-hydrogen) atoms. The minimum Gasteiger partial charge on any atom is -0.336 e. The van der Waals surface area contributed by atoms with Gasteiger partial charge in [0.15, 0.2) is 0 Å². The van der Waals surface area contributed by atoms with Crippen LogP contribution in [0.1, 0.15) is 26.7 Å². The van der Waals surface area contributed by atoms with Gasteiger partial charge in [-0.3, -0.25) is 4.79 Å². The number of hydrogen-bond acceptors (Lipinski definition) is 1. The summed E-state index contributed by atoms with van der Waals surface area (Å²) in [7, 11) is 0. The van der Waals surface area contributed by atoms with Crippen LogP contribution < -0.4 is 0 Å². The third kappa shape index (κ3) is 1.91. The summed E-state index contributed by atoms with van der Waals surface area (Å²) in [4.78, 5) is 12.6. The maximum absolute atomic E-state index is 12.9. The predicted octanol–water partition coefficient (Wildman–Crippen LogP) is 1.36. The molecule has 3 heteroatoms. The Kier molecular flexibility index (Phi) is 2.16. The van der Waals surface area contributed by atoms with Crippen molar-refractivity contribution in [2.45, 2.75) is 32.4 Å². The van der Waals surface area contributed by atoms with Gasteiger partial charge in [-0.2, -0.15) is 0 Å². The van der Waals surface area contributed by atoms with E-state index in [0.29, 0.717) is 6.42 Å². The van der Waals surface area contributed by atoms with E-state index in [2.05, 4.69) is 0 Å². The van der Waals surface area contributed by atoms with Crippen molar-refractivity contribution in [3.63, 3.8) is 0 Å². The Morgan fingerprint density at radius 2 is 2.18 bits per heavy atom. The molecule has 0 saturated carbocycles. The summed E-state index contributed by atoms with van der Waals surface area (Å²) >= 11 is 0. The number of nitrogens with zero attached hydrogens (tertiary/aromatic N) is 1. The lowest BCUT2D eigenvalue weighted by atomic mass is 9.98. The molecule has 0 unspecified atom stereocenters. The third-order valence-electron chi connectivity index (χ3n) is 1.86. The average molecular weight is 159 g/mol. The standard InChI is InChI=1S/C8H14FNO/c1-3-4-7(11)10-5-8(2,9)6-10/h3-6H2,1-2H3. The number of alkyl halides is 1. The normalized spacial score (nSPS) is 21.2. The van der Waals surface area contributed by atoms with Crippen molar-refractivity contribution in [2.75, 3.05) is 13.1 Å². The SMILES string of the molecule is CCCC(=O)N1CC(C)(F)C1. The lowest BCUT2D eigenvalue weighted by Gasteiger charge is -2.42. The van der Waals surface area contributed by atoms with Gasteiger partial charge >= 0.3 is 0 Å². The van der Waals surface area contributed by atoms with E-state index in [1.54, 1.807) is 4.90 Å². The highest BCUT2D eigenvalue weighted by Gasteiger charge is 2.40. The molecular formula is C8H14FNO. The zero-order chi connectivity index (χ0) is 8.48. The summed E-state index contributed by atoms with van der Waals surface area (Å²) in [5, 5.41) is 0. The maximum atomic E-state index is 12.9. The second kappa shape index (κ2) is 2.80. The predicted molar refractivity (Wildman–Crippen MR) is 41.0 cm³/mol. The van der Waals surface area contributed by atoms with E-state index >= 15 is 0 Å². The molecule has 1 saturated heterocycles. The van der Waals surface area contributed by atoms with Gasteiger partial charge in [0, 0.05) is 6.42 Å². The molecule has 0 N–H and O–H groups in total. The summed E-state index contributed by atoms with van der Waals surface area (Å²) in [5.74, 6) is 0.0858. The molecule has 0 bridgehead atoms. The van der Waals surface area contributed by atoms with Crippen molar-refractivity contribution in [1.29, 1.82) is 0 Å². The maximum Gasteiger partial charge on any atom is 0.222 e. The topological polar surface area (TPSA) is 20.3 Å². The summed E-state index contributed by atoms with van der Waals surface area (Å²) in [6.07, 6.45) is 1.40. The molecule has 0 radical (unpaired) electrons. The van der Waals surface area contributed by atoms with Crippen LogP contribution in [0.3, 0.4) is 0 Å². The molecule has 64 valence electrons. The molecule has 0 aromatic rings. The van der Waals surface area contributed by atoms with Gasteiger partial charge in [0.25, 0.3) is 0 Å². The van der Waals surface area contributed by atoms with Crippen molar-refractivity contribution in [1.82, 2.24) is 4.90 Å². The Balaban J connectivity index is 2.27. The van der Waals surface area contributed by atoms with Gasteiger partial charge < -0.3 is 4.90 Å². The first-order valence-electron chi connectivity index (χ1n) is 4.02. The van der Waals surface area contributed by atoms with Crippen LogP contribution in [-0.2, 0) is 4.79 Å². The summed E-state index contributed by atoms with van der Waals surface area (Å²) in [5.41, 5.74) is -1.12. The smallest absolute Gasteiger partial charge is 0.222 e. The van der Waals surface area contributed by atoms with E-state index in [1.165, 1.54) is 6.92 Å². The summed E-state index contributed by atoms with van der Waals surface area (Å²) in [6.45, 7) is 4.05. The molecule has 0 aromatic carbocycles. The van der Waals surface area contributed by atoms with E-state index < -0.39 is 5.67 Å². The van der Waals surface area contributed by atoms with Crippen LogP contribution in [0.25, 0.3) is 0 Å². The Morgan fingerprint density at radius 3 is 2.55 bits per heavy atom. The van der Waals surface area contributed by atoms with Gasteiger partial charge in [-0.05, 0) is 13.3 Å². The molecule has 1 aliphatic heterocycles. The average Bonchev–Trinajstić information content (AvgIpc) is 1.83. The molecule has 0 spiro atoms. The monoisotopic (exact) mass is 159 g/mol. The van der Waals surface area contributed by atoms with Gasteiger partial charge in [-0.1, -0.05) is 6.92 Å². The molecule has 1 rings (SSSR count). The second-order valence-electron chi connectivity index (χ2n) is 3.41. The van der Waals surface area contributed by atoms with E-state index in [0.717, 1.165) is 6.42 Å². The fraction of sp³-hybridized carbons (Fsp3) is 0.875. The highest BCUT2D eigenvalue weighted by atomic mass is 19.1. The first-order valence-corrected chi connectivity index (χ1v) is 4.02. The Bertz CT molecular complexity index is 159. The number of amides is 1. The van der Waals surface area contributed by atoms with E-state index in [-0.39, 0.29) is 19.0 Å². The molecule has 1 aliphatic rings. The molecule has 1 heterocycles. The third-order valence-corrected chi connectivity index (χ3v) is 1.86. The fourth-order valence-corrected chi connectivity index (χ4v) is 1.30. The zero-order valence-electron chi connectivity index (χ0n) is 7.06. The van der Waals surface area contributed by atoms with E-state index in [1.807, 2.05) is 6.92 Å². The van der Waals surface area contributed by atoms with Gasteiger partial charge in [0.2, 0.25) is 5.91 Å². The van der Waals surface area contributed by atoms with Gasteiger partial charge in [0.1, 0.15) is 5.67 Å². The fourth-order valence-electron chi connectivity index (χ4n) is 1.30. The second-order valence-corrected chi connectivity index (χ2v) is 3.41. The zero-order valence-corrected chi connectivity index (χ0v) is 7.06. The Labute approximate surface area is 66.4 Å². The van der Waals surface area contributed by atoms with Gasteiger partial charge in [-0.15, -0.1) is 0 Å². The number of hydrogen-bond donors (Lipinski definition) is 0. The molecule has 0 aliphatic carbocycles. The number of carbonyl (C=O) groups is 1. The lowest BCUT2D eigenvalue weighted by Crippen LogP contribution is -2.59. The van der Waals surface area contributed by atoms with Crippen molar-refractivity contribution < 1.29 is 9.18 Å². The molecular weight excluding hydrogens is 145 g/mol. The molecule has 0 aromatic heterocycles. The Morgan fingerprint density at radius 1 is 1.64 bits per heavy atom. The summed E-state index contributed by atoms with van der Waals surface area (Å²) < 4.78 is 12.9. The van der Waals surface area contributed by atoms with Crippen LogP contribution in [0.15, 0.2) is 0 Å². The minimum atomic E-state index is -1.12. The van der Waals surface area contributed by atoms with Crippen LogP contribution in [0.4, 0.5) is 4.39 Å². The lowest BCUT2D eigenvalue weighted by molar-refractivity contribution is -0.144. The van der Waals surface area contributed by atoms with Gasteiger partial charge in [-0.25, -0.2) is 4.39 Å². The van der Waals surface area contributed by atoms with Crippen LogP contribution in [0, 0.1) is 0 Å². The first-order chi connectivity index (χ1) is 5.05. The Hall–Kier alpha value is -0.600. The van der Waals surface area contributed by atoms with Crippen molar-refractivity contribution in [2.24, 2.45) is 0 Å². The molecule has 1 fully saturated rings. The quantitative estimate of drug-likeness (QED) is 0.595. The number of halogens is 1. The van der Waals surface area contributed by atoms with Crippen LogP contribution in [0.2, 0.25) is 0 Å². The van der Waals surface area contributed by atoms with Crippen LogP contribution >= 0.6 is 0 Å². The van der Waals surface area contributed by atoms with E-state index in [9.17, 15) is 9.18 Å². The van der Waals surface area contributed by atoms with Crippen LogP contribution in [0.5, 0.6) is 0 Å². The highest BCUT2D eigenvalue weighted by Crippen LogP contribution is 2.24. The highest BCUT2D eigenvalue weighted by molar-refractivity contribution is 5.77. The van der Waals surface area contributed by atoms with Gasteiger partial charge in [0.05, 0.1) is 13.1 Å². The van der Waals surface area contributed by atoms with E-state index in [4.69, 9.17) is 0 Å². The number of likely N-dealkylation sites (tertiary alicyclic amines) is 1. The van der Waals surface area contributed by atoms with Crippen LogP contribution in [-0.4, -0.2) is 29.6 Å². The molecule has 2 nitrogen and oxygen atoms in total. The first kappa shape index (κ1) is 8.50. The number of rotatable bonds is 2. The van der Waals surface area contributed by atoms with Crippen molar-refractivity contribution >= 4 is 5.91 Å². The molecule has 1 amide bonds. The van der Waals surface area contributed by atoms with Crippen molar-refractivity contribution in [3.8, 4) is 0 Å². The molecule has 0 atom stereocenters. The largest absolute Gasteiger partial charge is 0.336 e. The van der Waals surface area contributed by atoms with Crippen molar-refractivity contribution in [3.05, 3.63) is 0 Å². The minimum absolute atomic E-state index is 0.0858. The summed E-state index contributed by atoms with van der Waals surface area (Å²) in [6, 6.07) is 0. The number of carbonyl (C=O) groups excluding carboxylic acids is 1.